The molecule has 6 rings (SSSR count). The molecular formula is C31H29F2N5O3. The zero-order valence-corrected chi connectivity index (χ0v) is 22.4. The molecule has 2 heterocycles. The lowest BCUT2D eigenvalue weighted by Crippen LogP contribution is -2.46. The molecule has 1 N–H and O–H groups in total. The summed E-state index contributed by atoms with van der Waals surface area (Å²) >= 11 is 0. The smallest absolute Gasteiger partial charge is 0.335 e. The highest BCUT2D eigenvalue weighted by atomic mass is 19.1. The van der Waals surface area contributed by atoms with Gasteiger partial charge in [-0.2, -0.15) is 5.26 Å². The SMILES string of the molecule is N#Cc1ccc(COc2cccc(N3CCN(Cc4nc5ccc(C(=O)O)cc5n4CC4(F)CC4)CC3)c2)c(F)c1. The van der Waals surface area contributed by atoms with E-state index < -0.39 is 17.5 Å². The van der Waals surface area contributed by atoms with E-state index in [0.717, 1.165) is 37.7 Å². The van der Waals surface area contributed by atoms with E-state index in [4.69, 9.17) is 15.0 Å². The number of aromatic carboxylic acids is 1. The fourth-order valence-corrected chi connectivity index (χ4v) is 5.21. The molecular weight excluding hydrogens is 528 g/mol. The van der Waals surface area contributed by atoms with Crippen molar-refractivity contribution >= 4 is 22.7 Å². The summed E-state index contributed by atoms with van der Waals surface area (Å²) < 4.78 is 36.8. The Labute approximate surface area is 236 Å². The molecule has 1 aliphatic heterocycles. The second-order valence-corrected chi connectivity index (χ2v) is 10.7. The lowest BCUT2D eigenvalue weighted by atomic mass is 10.1. The number of nitrogens with zero attached hydrogens (tertiary/aromatic N) is 5. The number of fused-ring (bicyclic) bond motifs is 1. The third kappa shape index (κ3) is 5.86. The van der Waals surface area contributed by atoms with Gasteiger partial charge in [0.15, 0.2) is 0 Å². The van der Waals surface area contributed by atoms with Crippen molar-refractivity contribution in [3.05, 3.63) is 89.0 Å². The average molecular weight is 558 g/mol. The first kappa shape index (κ1) is 26.7. The van der Waals surface area contributed by atoms with E-state index in [-0.39, 0.29) is 24.3 Å². The number of rotatable bonds is 9. The molecule has 0 unspecified atom stereocenters. The number of hydrogen-bond acceptors (Lipinski definition) is 6. The third-order valence-electron chi connectivity index (χ3n) is 7.80. The Morgan fingerprint density at radius 2 is 1.88 bits per heavy atom. The summed E-state index contributed by atoms with van der Waals surface area (Å²) in [5.74, 6) is -0.116. The predicted molar refractivity (Wildman–Crippen MR) is 149 cm³/mol. The van der Waals surface area contributed by atoms with Crippen LogP contribution in [-0.2, 0) is 19.7 Å². The number of carbonyl (C=O) groups is 1. The van der Waals surface area contributed by atoms with Gasteiger partial charge in [0.25, 0.3) is 0 Å². The molecule has 3 aromatic carbocycles. The molecule has 1 saturated carbocycles. The largest absolute Gasteiger partial charge is 0.489 e. The van der Waals surface area contributed by atoms with Crippen molar-refractivity contribution in [2.24, 2.45) is 0 Å². The molecule has 0 radical (unpaired) electrons. The van der Waals surface area contributed by atoms with Gasteiger partial charge < -0.3 is 19.3 Å². The van der Waals surface area contributed by atoms with Gasteiger partial charge in [-0.3, -0.25) is 4.90 Å². The van der Waals surface area contributed by atoms with Crippen molar-refractivity contribution in [2.75, 3.05) is 31.1 Å². The zero-order valence-electron chi connectivity index (χ0n) is 22.4. The van der Waals surface area contributed by atoms with Gasteiger partial charge in [0.2, 0.25) is 0 Å². The summed E-state index contributed by atoms with van der Waals surface area (Å²) in [6.07, 6.45) is 1.02. The number of aromatic nitrogens is 2. The Hall–Kier alpha value is -4.49. The predicted octanol–water partition coefficient (Wildman–Crippen LogP) is 5.15. The molecule has 0 bridgehead atoms. The van der Waals surface area contributed by atoms with Crippen molar-refractivity contribution in [1.82, 2.24) is 14.5 Å². The summed E-state index contributed by atoms with van der Waals surface area (Å²) in [5.41, 5.74) is 1.89. The van der Waals surface area contributed by atoms with Crippen molar-refractivity contribution in [3.8, 4) is 11.8 Å². The lowest BCUT2D eigenvalue weighted by Gasteiger charge is -2.36. The van der Waals surface area contributed by atoms with Crippen LogP contribution in [0.1, 0.15) is 40.2 Å². The number of carboxylic acid groups (broad SMARTS) is 1. The summed E-state index contributed by atoms with van der Waals surface area (Å²) in [7, 11) is 0. The normalized spacial score (nSPS) is 16.5. The minimum absolute atomic E-state index is 0.0594. The van der Waals surface area contributed by atoms with Gasteiger partial charge in [-0.15, -0.1) is 0 Å². The van der Waals surface area contributed by atoms with E-state index >= 15 is 0 Å². The lowest BCUT2D eigenvalue weighted by molar-refractivity contribution is 0.0697. The van der Waals surface area contributed by atoms with Gasteiger partial charge >= 0.3 is 5.97 Å². The molecule has 210 valence electrons. The quantitative estimate of drug-likeness (QED) is 0.304. The number of alkyl halides is 1. The van der Waals surface area contributed by atoms with Gasteiger partial charge in [-0.25, -0.2) is 18.6 Å². The van der Waals surface area contributed by atoms with Gasteiger partial charge in [-0.05, 0) is 55.3 Å². The molecule has 1 aliphatic carbocycles. The maximum absolute atomic E-state index is 14.9. The Bertz CT molecular complexity index is 1650. The highest BCUT2D eigenvalue weighted by Gasteiger charge is 2.44. The number of benzene rings is 3. The van der Waals surface area contributed by atoms with Crippen molar-refractivity contribution in [2.45, 2.75) is 38.2 Å². The summed E-state index contributed by atoms with van der Waals surface area (Å²) in [6.45, 7) is 3.86. The van der Waals surface area contributed by atoms with Crippen LogP contribution in [0.15, 0.2) is 60.7 Å². The molecule has 41 heavy (non-hydrogen) atoms. The minimum atomic E-state index is -1.25. The molecule has 2 aliphatic rings. The van der Waals surface area contributed by atoms with Gasteiger partial charge in [0.1, 0.15) is 29.7 Å². The standard InChI is InChI=1S/C31H29F2N5O3/c32-26-14-21(17-34)4-5-23(26)19-41-25-3-1-2-24(16-25)37-12-10-36(11-13-37)18-29-35-27-7-6-22(30(39)40)15-28(27)38(29)20-31(33)8-9-31/h1-7,14-16H,8-13,18-20H2,(H,39,40). The Balaban J connectivity index is 1.11. The van der Waals surface area contributed by atoms with Crippen LogP contribution in [0.25, 0.3) is 11.0 Å². The maximum atomic E-state index is 14.9. The number of imidazole rings is 1. The van der Waals surface area contributed by atoms with Crippen LogP contribution in [0, 0.1) is 17.1 Å². The average Bonchev–Trinajstić information content (AvgIpc) is 3.62. The molecule has 0 amide bonds. The van der Waals surface area contributed by atoms with Crippen LogP contribution in [0.4, 0.5) is 14.5 Å². The van der Waals surface area contributed by atoms with Gasteiger partial charge in [0.05, 0.1) is 41.3 Å². The third-order valence-corrected chi connectivity index (χ3v) is 7.80. The van der Waals surface area contributed by atoms with Crippen LogP contribution < -0.4 is 9.64 Å². The summed E-state index contributed by atoms with van der Waals surface area (Å²) in [6, 6.07) is 18.8. The number of carboxylic acids is 1. The van der Waals surface area contributed by atoms with Crippen LogP contribution in [0.5, 0.6) is 5.75 Å². The number of halogens is 2. The fourth-order valence-electron chi connectivity index (χ4n) is 5.21. The fraction of sp³-hybridized carbons (Fsp3) is 0.323. The minimum Gasteiger partial charge on any atom is -0.489 e. The molecule has 1 saturated heterocycles. The molecule has 8 nitrogen and oxygen atoms in total. The molecule has 1 aromatic heterocycles. The van der Waals surface area contributed by atoms with E-state index in [1.807, 2.05) is 34.9 Å². The van der Waals surface area contributed by atoms with Crippen molar-refractivity contribution < 1.29 is 23.4 Å². The number of hydrogen-bond donors (Lipinski definition) is 1. The van der Waals surface area contributed by atoms with Crippen LogP contribution in [0.3, 0.4) is 0 Å². The number of anilines is 1. The summed E-state index contributed by atoms with van der Waals surface area (Å²) in [4.78, 5) is 20.8. The van der Waals surface area contributed by atoms with Gasteiger partial charge in [-0.1, -0.05) is 12.1 Å². The van der Waals surface area contributed by atoms with Crippen LogP contribution in [-0.4, -0.2) is 57.4 Å². The van der Waals surface area contributed by atoms with E-state index in [2.05, 4.69) is 9.80 Å². The second-order valence-electron chi connectivity index (χ2n) is 10.7. The number of ether oxygens (including phenoxy) is 1. The van der Waals surface area contributed by atoms with E-state index in [0.29, 0.717) is 41.7 Å². The maximum Gasteiger partial charge on any atom is 0.335 e. The first-order valence-electron chi connectivity index (χ1n) is 13.6. The summed E-state index contributed by atoms with van der Waals surface area (Å²) in [5, 5.41) is 18.4. The number of piperazine rings is 1. The van der Waals surface area contributed by atoms with Crippen molar-refractivity contribution in [1.29, 1.82) is 5.26 Å². The zero-order chi connectivity index (χ0) is 28.6. The Morgan fingerprint density at radius 3 is 2.59 bits per heavy atom. The highest BCUT2D eigenvalue weighted by molar-refractivity contribution is 5.92. The molecule has 2 fully saturated rings. The molecule has 4 aromatic rings. The monoisotopic (exact) mass is 557 g/mol. The number of nitriles is 1. The van der Waals surface area contributed by atoms with E-state index in [1.54, 1.807) is 24.3 Å². The van der Waals surface area contributed by atoms with Crippen LogP contribution in [0.2, 0.25) is 0 Å². The first-order valence-corrected chi connectivity index (χ1v) is 13.6. The second kappa shape index (κ2) is 10.8. The van der Waals surface area contributed by atoms with Crippen molar-refractivity contribution in [3.63, 3.8) is 0 Å². The van der Waals surface area contributed by atoms with E-state index in [9.17, 15) is 18.7 Å². The Kier molecular flexibility index (Phi) is 7.05. The molecule has 0 spiro atoms. The first-order chi connectivity index (χ1) is 19.8. The van der Waals surface area contributed by atoms with Gasteiger partial charge in [0, 0.05) is 43.5 Å². The highest BCUT2D eigenvalue weighted by Crippen LogP contribution is 2.42. The van der Waals surface area contributed by atoms with Crippen LogP contribution >= 0.6 is 0 Å². The molecule has 0 atom stereocenters. The Morgan fingerprint density at radius 1 is 1.07 bits per heavy atom. The molecule has 10 heteroatoms. The van der Waals surface area contributed by atoms with E-state index in [1.165, 1.54) is 12.1 Å². The topological polar surface area (TPSA) is 94.6 Å².